The molecular weight excluding hydrogens is 227 g/mol. The molecule has 1 rings (SSSR count). The molecule has 0 aliphatic heterocycles. The van der Waals surface area contributed by atoms with Crippen molar-refractivity contribution in [3.63, 3.8) is 0 Å². The van der Waals surface area contributed by atoms with Crippen LogP contribution in [0.4, 0.5) is 4.39 Å². The van der Waals surface area contributed by atoms with Gasteiger partial charge in [-0.2, -0.15) is 0 Å². The van der Waals surface area contributed by atoms with Gasteiger partial charge in [-0.15, -0.1) is 0 Å². The molecule has 3 heteroatoms. The van der Waals surface area contributed by atoms with E-state index in [2.05, 4.69) is 26.1 Å². The lowest BCUT2D eigenvalue weighted by Gasteiger charge is -2.22. The lowest BCUT2D eigenvalue weighted by molar-refractivity contribution is 0.356. The van der Waals surface area contributed by atoms with Crippen molar-refractivity contribution < 1.29 is 4.39 Å². The van der Waals surface area contributed by atoms with Gasteiger partial charge in [0.15, 0.2) is 0 Å². The van der Waals surface area contributed by atoms with Gasteiger partial charge in [-0.05, 0) is 56.0 Å². The fourth-order valence-corrected chi connectivity index (χ4v) is 1.92. The van der Waals surface area contributed by atoms with Crippen LogP contribution in [0.5, 0.6) is 0 Å². The molecule has 0 aromatic heterocycles. The normalized spacial score (nSPS) is 14.8. The van der Waals surface area contributed by atoms with Crippen molar-refractivity contribution in [2.24, 2.45) is 17.6 Å². The van der Waals surface area contributed by atoms with Crippen LogP contribution in [0.25, 0.3) is 0 Å². The van der Waals surface area contributed by atoms with E-state index in [0.29, 0.717) is 23.9 Å². The third-order valence-corrected chi connectivity index (χ3v) is 3.63. The molecule has 0 heterocycles. The van der Waals surface area contributed by atoms with Crippen LogP contribution < -0.4 is 11.1 Å². The SMILES string of the molecule is Cc1ccc(C(C)NCC(CN)C(C)C)cc1F. The maximum atomic E-state index is 13.5. The summed E-state index contributed by atoms with van der Waals surface area (Å²) in [5.74, 6) is 0.882. The zero-order valence-electron chi connectivity index (χ0n) is 11.8. The molecule has 0 saturated heterocycles. The van der Waals surface area contributed by atoms with Gasteiger partial charge >= 0.3 is 0 Å². The Balaban J connectivity index is 2.59. The van der Waals surface area contributed by atoms with E-state index >= 15 is 0 Å². The van der Waals surface area contributed by atoms with Crippen LogP contribution in [0.15, 0.2) is 18.2 Å². The fraction of sp³-hybridized carbons (Fsp3) is 0.600. The Bertz CT molecular complexity index is 377. The van der Waals surface area contributed by atoms with E-state index in [9.17, 15) is 4.39 Å². The van der Waals surface area contributed by atoms with E-state index in [1.165, 1.54) is 0 Å². The van der Waals surface area contributed by atoms with Gasteiger partial charge in [0.1, 0.15) is 5.82 Å². The molecule has 2 unspecified atom stereocenters. The minimum absolute atomic E-state index is 0.139. The van der Waals surface area contributed by atoms with E-state index in [0.717, 1.165) is 12.1 Å². The molecule has 0 radical (unpaired) electrons. The van der Waals surface area contributed by atoms with Gasteiger partial charge in [0.25, 0.3) is 0 Å². The van der Waals surface area contributed by atoms with Crippen LogP contribution in [0.3, 0.4) is 0 Å². The molecule has 0 amide bonds. The standard InChI is InChI=1S/C15H25FN2/c1-10(2)14(8-17)9-18-12(4)13-6-5-11(3)15(16)7-13/h5-7,10,12,14,18H,8-9,17H2,1-4H3. The van der Waals surface area contributed by atoms with Gasteiger partial charge in [-0.1, -0.05) is 26.0 Å². The summed E-state index contributed by atoms with van der Waals surface area (Å²) in [6.07, 6.45) is 0. The van der Waals surface area contributed by atoms with E-state index in [-0.39, 0.29) is 11.9 Å². The average molecular weight is 252 g/mol. The van der Waals surface area contributed by atoms with E-state index in [1.54, 1.807) is 13.0 Å². The van der Waals surface area contributed by atoms with Crippen molar-refractivity contribution in [2.75, 3.05) is 13.1 Å². The molecule has 2 nitrogen and oxygen atoms in total. The number of aryl methyl sites for hydroxylation is 1. The second-order valence-electron chi connectivity index (χ2n) is 5.38. The molecule has 0 spiro atoms. The molecule has 1 aromatic rings. The van der Waals surface area contributed by atoms with Gasteiger partial charge in [0.05, 0.1) is 0 Å². The van der Waals surface area contributed by atoms with Crippen molar-refractivity contribution in [1.82, 2.24) is 5.32 Å². The summed E-state index contributed by atoms with van der Waals surface area (Å²) in [6, 6.07) is 5.56. The maximum Gasteiger partial charge on any atom is 0.126 e. The second kappa shape index (κ2) is 6.86. The number of nitrogens with two attached hydrogens (primary N) is 1. The Kier molecular flexibility index (Phi) is 5.76. The molecule has 0 saturated carbocycles. The molecule has 0 fully saturated rings. The third kappa shape index (κ3) is 4.07. The fourth-order valence-electron chi connectivity index (χ4n) is 1.92. The minimum atomic E-state index is -0.139. The van der Waals surface area contributed by atoms with Gasteiger partial charge in [0.2, 0.25) is 0 Å². The number of halogens is 1. The number of benzene rings is 1. The molecule has 3 N–H and O–H groups in total. The highest BCUT2D eigenvalue weighted by Gasteiger charge is 2.13. The van der Waals surface area contributed by atoms with Crippen molar-refractivity contribution in [1.29, 1.82) is 0 Å². The highest BCUT2D eigenvalue weighted by Crippen LogP contribution is 2.17. The quantitative estimate of drug-likeness (QED) is 0.816. The predicted octanol–water partition coefficient (Wildman–Crippen LogP) is 3.02. The summed E-state index contributed by atoms with van der Waals surface area (Å²) in [5, 5.41) is 3.43. The Morgan fingerprint density at radius 1 is 1.28 bits per heavy atom. The predicted molar refractivity (Wildman–Crippen MR) is 74.9 cm³/mol. The van der Waals surface area contributed by atoms with Crippen LogP contribution in [-0.2, 0) is 0 Å². The zero-order valence-corrected chi connectivity index (χ0v) is 11.8. The summed E-state index contributed by atoms with van der Waals surface area (Å²) < 4.78 is 13.5. The van der Waals surface area contributed by atoms with Gasteiger partial charge in [0, 0.05) is 6.04 Å². The first kappa shape index (κ1) is 15.1. The highest BCUT2D eigenvalue weighted by molar-refractivity contribution is 5.25. The summed E-state index contributed by atoms with van der Waals surface area (Å²) in [7, 11) is 0. The van der Waals surface area contributed by atoms with Crippen molar-refractivity contribution >= 4 is 0 Å². The number of nitrogens with one attached hydrogen (secondary N) is 1. The van der Waals surface area contributed by atoms with Crippen LogP contribution in [0.2, 0.25) is 0 Å². The van der Waals surface area contributed by atoms with Gasteiger partial charge in [-0.3, -0.25) is 0 Å². The van der Waals surface area contributed by atoms with Gasteiger partial charge in [-0.25, -0.2) is 4.39 Å². The highest BCUT2D eigenvalue weighted by atomic mass is 19.1. The molecule has 0 bridgehead atoms. The number of rotatable bonds is 6. The zero-order chi connectivity index (χ0) is 13.7. The first-order valence-electron chi connectivity index (χ1n) is 6.65. The molecule has 102 valence electrons. The smallest absolute Gasteiger partial charge is 0.126 e. The lowest BCUT2D eigenvalue weighted by atomic mass is 9.95. The number of hydrogen-bond donors (Lipinski definition) is 2. The third-order valence-electron chi connectivity index (χ3n) is 3.63. The Morgan fingerprint density at radius 2 is 1.94 bits per heavy atom. The first-order chi connectivity index (χ1) is 8.45. The van der Waals surface area contributed by atoms with E-state index < -0.39 is 0 Å². The molecule has 1 aromatic carbocycles. The monoisotopic (exact) mass is 252 g/mol. The van der Waals surface area contributed by atoms with Crippen LogP contribution in [0, 0.1) is 24.6 Å². The Hall–Kier alpha value is -0.930. The van der Waals surface area contributed by atoms with Crippen LogP contribution in [0.1, 0.15) is 37.9 Å². The summed E-state index contributed by atoms with van der Waals surface area (Å²) in [4.78, 5) is 0. The molecule has 18 heavy (non-hydrogen) atoms. The van der Waals surface area contributed by atoms with Crippen molar-refractivity contribution in [2.45, 2.75) is 33.7 Å². The number of hydrogen-bond acceptors (Lipinski definition) is 2. The summed E-state index contributed by atoms with van der Waals surface area (Å²) in [6.45, 7) is 9.73. The van der Waals surface area contributed by atoms with Crippen molar-refractivity contribution in [3.8, 4) is 0 Å². The maximum absolute atomic E-state index is 13.5. The Morgan fingerprint density at radius 3 is 2.44 bits per heavy atom. The molecule has 0 aliphatic carbocycles. The largest absolute Gasteiger partial charge is 0.330 e. The summed E-state index contributed by atoms with van der Waals surface area (Å²) in [5.41, 5.74) is 7.41. The second-order valence-corrected chi connectivity index (χ2v) is 5.38. The van der Waals surface area contributed by atoms with E-state index in [1.807, 2.05) is 12.1 Å². The molecule has 0 aliphatic rings. The van der Waals surface area contributed by atoms with Gasteiger partial charge < -0.3 is 11.1 Å². The van der Waals surface area contributed by atoms with Crippen LogP contribution in [-0.4, -0.2) is 13.1 Å². The van der Waals surface area contributed by atoms with E-state index in [4.69, 9.17) is 5.73 Å². The van der Waals surface area contributed by atoms with Crippen molar-refractivity contribution in [3.05, 3.63) is 35.1 Å². The minimum Gasteiger partial charge on any atom is -0.330 e. The lowest BCUT2D eigenvalue weighted by Crippen LogP contribution is -2.33. The first-order valence-corrected chi connectivity index (χ1v) is 6.65. The topological polar surface area (TPSA) is 38.0 Å². The average Bonchev–Trinajstić information content (AvgIpc) is 2.32. The molecule has 2 atom stereocenters. The van der Waals surface area contributed by atoms with Crippen LogP contribution >= 0.6 is 0 Å². The Labute approximate surface area is 110 Å². The summed E-state index contributed by atoms with van der Waals surface area (Å²) >= 11 is 0. The molecular formula is C15H25FN2.